The van der Waals surface area contributed by atoms with E-state index in [1.807, 2.05) is 0 Å². The number of nitrogens with zero attached hydrogens (tertiary/aromatic N) is 4. The summed E-state index contributed by atoms with van der Waals surface area (Å²) < 4.78 is 5.67. The van der Waals surface area contributed by atoms with E-state index in [4.69, 9.17) is 4.42 Å². The van der Waals surface area contributed by atoms with Gasteiger partial charge in [0.2, 0.25) is 0 Å². The van der Waals surface area contributed by atoms with Gasteiger partial charge in [-0.15, -0.1) is 0 Å². The zero-order chi connectivity index (χ0) is 29.6. The predicted octanol–water partition coefficient (Wildman–Crippen LogP) is 4.27. The van der Waals surface area contributed by atoms with E-state index in [1.54, 1.807) is 39.0 Å². The molecule has 0 unspecified atom stereocenters. The number of amides is 2. The molecule has 0 spiro atoms. The van der Waals surface area contributed by atoms with Crippen LogP contribution in [0.2, 0.25) is 0 Å². The van der Waals surface area contributed by atoms with Crippen molar-refractivity contribution in [3.8, 4) is 11.3 Å². The minimum Gasteiger partial charge on any atom is -0.455 e. The number of hydrogen-bond donors (Lipinski definition) is 2. The van der Waals surface area contributed by atoms with Gasteiger partial charge in [0.15, 0.2) is 0 Å². The van der Waals surface area contributed by atoms with Crippen LogP contribution in [0.3, 0.4) is 0 Å². The van der Waals surface area contributed by atoms with Crippen molar-refractivity contribution in [2.45, 2.75) is 33.2 Å². The van der Waals surface area contributed by atoms with Crippen molar-refractivity contribution in [1.82, 2.24) is 10.7 Å². The summed E-state index contributed by atoms with van der Waals surface area (Å²) in [6.07, 6.45) is 1.37. The Bertz CT molecular complexity index is 1480. The third-order valence-corrected chi connectivity index (χ3v) is 5.68. The second-order valence-corrected chi connectivity index (χ2v) is 9.05. The normalized spacial score (nSPS) is 11.8. The summed E-state index contributed by atoms with van der Waals surface area (Å²) in [5.74, 6) is -1.11. The minimum absolute atomic E-state index is 0.0608. The van der Waals surface area contributed by atoms with Crippen LogP contribution in [0, 0.1) is 43.2 Å². The Labute approximate surface area is 226 Å². The molecule has 40 heavy (non-hydrogen) atoms. The molecule has 0 aliphatic heterocycles. The molecule has 2 amide bonds. The van der Waals surface area contributed by atoms with Crippen LogP contribution in [-0.4, -0.2) is 38.8 Å². The average molecular weight is 553 g/mol. The first-order valence-electron chi connectivity index (χ1n) is 11.8. The molecule has 0 saturated carbocycles. The predicted molar refractivity (Wildman–Crippen MR) is 142 cm³/mol. The van der Waals surface area contributed by atoms with E-state index in [0.717, 1.165) is 18.2 Å². The van der Waals surface area contributed by atoms with Crippen LogP contribution < -0.4 is 10.7 Å². The molecule has 15 nitrogen and oxygen atoms in total. The Hall–Kier alpha value is -5.47. The molecule has 0 aliphatic rings. The SMILES string of the molecule is Cc1c(-c2ccc(/C=N\NC(=O)[C@H](CC(C)C)NC(=O)c3cc([N+](=O)[O-])cc([N+](=O)[O-])c3)o2)cccc1[N+](=O)[O-]. The van der Waals surface area contributed by atoms with Gasteiger partial charge in [-0.25, -0.2) is 5.43 Å². The van der Waals surface area contributed by atoms with E-state index in [2.05, 4.69) is 15.8 Å². The monoisotopic (exact) mass is 552 g/mol. The minimum atomic E-state index is -1.12. The molecule has 3 aromatic rings. The molecule has 2 aromatic carbocycles. The van der Waals surface area contributed by atoms with Crippen molar-refractivity contribution in [1.29, 1.82) is 0 Å². The smallest absolute Gasteiger partial charge is 0.277 e. The van der Waals surface area contributed by atoms with Gasteiger partial charge in [-0.1, -0.05) is 26.0 Å². The summed E-state index contributed by atoms with van der Waals surface area (Å²) >= 11 is 0. The lowest BCUT2D eigenvalue weighted by atomic mass is 10.0. The van der Waals surface area contributed by atoms with Crippen molar-refractivity contribution < 1.29 is 28.8 Å². The van der Waals surface area contributed by atoms with Crippen LogP contribution in [0.5, 0.6) is 0 Å². The highest BCUT2D eigenvalue weighted by atomic mass is 16.6. The lowest BCUT2D eigenvalue weighted by molar-refractivity contribution is -0.394. The number of hydrogen-bond acceptors (Lipinski definition) is 10. The number of carbonyl (C=O) groups excluding carboxylic acids is 2. The molecule has 0 radical (unpaired) electrons. The van der Waals surface area contributed by atoms with Crippen molar-refractivity contribution in [3.63, 3.8) is 0 Å². The molecule has 0 saturated heterocycles. The van der Waals surface area contributed by atoms with Crippen molar-refractivity contribution in [2.75, 3.05) is 0 Å². The lowest BCUT2D eigenvalue weighted by Crippen LogP contribution is -2.46. The van der Waals surface area contributed by atoms with E-state index in [1.165, 1.54) is 18.3 Å². The zero-order valence-electron chi connectivity index (χ0n) is 21.5. The number of non-ortho nitro benzene ring substituents is 2. The van der Waals surface area contributed by atoms with E-state index < -0.39 is 44.0 Å². The fourth-order valence-electron chi connectivity index (χ4n) is 3.77. The molecular formula is C25H24N6O9. The Morgan fingerprint density at radius 3 is 2.20 bits per heavy atom. The summed E-state index contributed by atoms with van der Waals surface area (Å²) in [6, 6.07) is 9.08. The highest BCUT2D eigenvalue weighted by Crippen LogP contribution is 2.30. The van der Waals surface area contributed by atoms with Gasteiger partial charge in [-0.2, -0.15) is 5.10 Å². The zero-order valence-corrected chi connectivity index (χ0v) is 21.5. The van der Waals surface area contributed by atoms with E-state index >= 15 is 0 Å². The Morgan fingerprint density at radius 2 is 1.62 bits per heavy atom. The van der Waals surface area contributed by atoms with Crippen LogP contribution in [0.4, 0.5) is 17.1 Å². The first-order chi connectivity index (χ1) is 18.9. The number of hydrazone groups is 1. The highest BCUT2D eigenvalue weighted by molar-refractivity contribution is 5.98. The number of furan rings is 1. The summed E-state index contributed by atoms with van der Waals surface area (Å²) in [7, 11) is 0. The van der Waals surface area contributed by atoms with Gasteiger partial charge >= 0.3 is 0 Å². The molecule has 0 aliphatic carbocycles. The fourth-order valence-corrected chi connectivity index (χ4v) is 3.77. The van der Waals surface area contributed by atoms with Crippen LogP contribution in [-0.2, 0) is 4.79 Å². The quantitative estimate of drug-likeness (QED) is 0.197. The second-order valence-electron chi connectivity index (χ2n) is 9.05. The highest BCUT2D eigenvalue weighted by Gasteiger charge is 2.25. The molecule has 1 atom stereocenters. The van der Waals surface area contributed by atoms with Crippen LogP contribution >= 0.6 is 0 Å². The molecule has 1 heterocycles. The van der Waals surface area contributed by atoms with Gasteiger partial charge in [0.25, 0.3) is 28.9 Å². The van der Waals surface area contributed by atoms with E-state index in [-0.39, 0.29) is 29.3 Å². The van der Waals surface area contributed by atoms with Crippen LogP contribution in [0.15, 0.2) is 58.0 Å². The molecular weight excluding hydrogens is 528 g/mol. The molecule has 208 valence electrons. The number of carbonyl (C=O) groups is 2. The van der Waals surface area contributed by atoms with E-state index in [9.17, 15) is 39.9 Å². The summed E-state index contributed by atoms with van der Waals surface area (Å²) in [5.41, 5.74) is 1.51. The maximum atomic E-state index is 12.8. The third kappa shape index (κ3) is 7.09. The van der Waals surface area contributed by atoms with Crippen LogP contribution in [0.25, 0.3) is 11.3 Å². The van der Waals surface area contributed by atoms with Gasteiger partial charge in [0.1, 0.15) is 17.6 Å². The first-order valence-corrected chi connectivity index (χ1v) is 11.8. The third-order valence-electron chi connectivity index (χ3n) is 5.68. The maximum Gasteiger partial charge on any atom is 0.277 e. The standard InChI is InChI=1S/C25H24N6O9/c1-14(2)9-21(27-24(32)16-10-17(29(34)35)12-18(11-16)30(36)37)25(33)28-26-13-19-7-8-23(40-19)20-5-4-6-22(15(20)3)31(38)39/h4-8,10-14,21H,9H2,1-3H3,(H,27,32)(H,28,33)/b26-13-/t21-/m0/s1. The Balaban J connectivity index is 1.74. The number of benzene rings is 2. The van der Waals surface area contributed by atoms with Gasteiger partial charge in [-0.05, 0) is 31.4 Å². The van der Waals surface area contributed by atoms with Crippen molar-refractivity contribution >= 4 is 35.1 Å². The Kier molecular flexibility index (Phi) is 9.01. The van der Waals surface area contributed by atoms with Gasteiger partial charge in [0.05, 0.1) is 32.6 Å². The number of nitrogens with one attached hydrogen (secondary N) is 2. The van der Waals surface area contributed by atoms with Gasteiger partial charge in [0, 0.05) is 29.3 Å². The lowest BCUT2D eigenvalue weighted by Gasteiger charge is -2.18. The largest absolute Gasteiger partial charge is 0.455 e. The first kappa shape index (κ1) is 29.1. The number of nitro groups is 3. The molecule has 3 rings (SSSR count). The topological polar surface area (TPSA) is 213 Å². The summed E-state index contributed by atoms with van der Waals surface area (Å²) in [5, 5.41) is 39.8. The van der Waals surface area contributed by atoms with Crippen molar-refractivity contribution in [2.24, 2.45) is 11.0 Å². The average Bonchev–Trinajstić information content (AvgIpc) is 3.36. The Morgan fingerprint density at radius 1 is 0.975 bits per heavy atom. The summed E-state index contributed by atoms with van der Waals surface area (Å²) in [6.45, 7) is 5.20. The second kappa shape index (κ2) is 12.4. The fraction of sp³-hybridized carbons (Fsp3) is 0.240. The van der Waals surface area contributed by atoms with Crippen LogP contribution in [0.1, 0.15) is 41.9 Å². The number of rotatable bonds is 11. The molecule has 0 bridgehead atoms. The van der Waals surface area contributed by atoms with Gasteiger partial charge in [-0.3, -0.25) is 39.9 Å². The number of nitro benzene ring substituents is 3. The summed E-state index contributed by atoms with van der Waals surface area (Å²) in [4.78, 5) is 56.9. The molecule has 2 N–H and O–H groups in total. The maximum absolute atomic E-state index is 12.8. The molecule has 0 fully saturated rings. The van der Waals surface area contributed by atoms with Crippen molar-refractivity contribution in [3.05, 3.63) is 95.8 Å². The van der Waals surface area contributed by atoms with Gasteiger partial charge < -0.3 is 9.73 Å². The molecule has 1 aromatic heterocycles. The molecule has 15 heteroatoms. The van der Waals surface area contributed by atoms with E-state index in [0.29, 0.717) is 16.9 Å².